The van der Waals surface area contributed by atoms with E-state index in [-0.39, 0.29) is 0 Å². The Morgan fingerprint density at radius 1 is 0.677 bits per heavy atom. The van der Waals surface area contributed by atoms with Crippen LogP contribution in [0.15, 0.2) is 48.5 Å². The van der Waals surface area contributed by atoms with Crippen LogP contribution in [-0.4, -0.2) is 18.2 Å². The predicted octanol–water partition coefficient (Wildman–Crippen LogP) is 5.98. The highest BCUT2D eigenvalue weighted by molar-refractivity contribution is 5.89. The Kier molecular flexibility index (Phi) is 10.8. The van der Waals surface area contributed by atoms with Gasteiger partial charge in [0.15, 0.2) is 0 Å². The van der Waals surface area contributed by atoms with Crippen LogP contribution < -0.4 is 0 Å². The Hall–Kier alpha value is -2.70. The van der Waals surface area contributed by atoms with Gasteiger partial charge in [-0.15, -0.1) is 9.78 Å². The molecule has 0 fully saturated rings. The van der Waals surface area contributed by atoms with E-state index in [4.69, 9.17) is 19.6 Å². The summed E-state index contributed by atoms with van der Waals surface area (Å²) in [7, 11) is 0. The maximum absolute atomic E-state index is 12.2. The highest BCUT2D eigenvalue weighted by Crippen LogP contribution is 2.14. The fourth-order valence-electron chi connectivity index (χ4n) is 2.97. The van der Waals surface area contributed by atoms with E-state index >= 15 is 0 Å². The Labute approximate surface area is 184 Å². The molecular formula is C25H32O6. The molecule has 31 heavy (non-hydrogen) atoms. The maximum Gasteiger partial charge on any atom is 0.373 e. The molecule has 0 radical (unpaired) electrons. The third-order valence-corrected chi connectivity index (χ3v) is 4.71. The van der Waals surface area contributed by atoms with Gasteiger partial charge in [0.05, 0.1) is 11.1 Å². The summed E-state index contributed by atoms with van der Waals surface area (Å²) in [5.74, 6) is -1.27. The summed E-state index contributed by atoms with van der Waals surface area (Å²) in [5.41, 5.74) is 3.05. The molecule has 0 heterocycles. The summed E-state index contributed by atoms with van der Waals surface area (Å²) in [5, 5.41) is 0. The van der Waals surface area contributed by atoms with Crippen LogP contribution in [0.1, 0.15) is 84.7 Å². The molecule has 0 amide bonds. The minimum atomic E-state index is -1.01. The van der Waals surface area contributed by atoms with Crippen molar-refractivity contribution >= 4 is 11.9 Å². The molecule has 0 atom stereocenters. The molecule has 0 aliphatic heterocycles. The lowest BCUT2D eigenvalue weighted by atomic mass is 10.1. The van der Waals surface area contributed by atoms with Crippen LogP contribution in [0.2, 0.25) is 0 Å². The average Bonchev–Trinajstić information content (AvgIpc) is 2.79. The van der Waals surface area contributed by atoms with Gasteiger partial charge in [0.25, 0.3) is 0 Å². The number of hydrogen-bond acceptors (Lipinski definition) is 6. The van der Waals surface area contributed by atoms with Gasteiger partial charge in [-0.1, -0.05) is 64.3 Å². The first-order valence-electron chi connectivity index (χ1n) is 11.0. The predicted molar refractivity (Wildman–Crippen MR) is 117 cm³/mol. The molecule has 0 aliphatic carbocycles. The second kappa shape index (κ2) is 13.6. The molecule has 168 valence electrons. The van der Waals surface area contributed by atoms with Crippen LogP contribution in [0.3, 0.4) is 0 Å². The first-order valence-corrected chi connectivity index (χ1v) is 11.0. The Bertz CT molecular complexity index is 732. The molecule has 0 aromatic heterocycles. The first-order chi connectivity index (χ1) is 15.1. The van der Waals surface area contributed by atoms with Gasteiger partial charge in [0.1, 0.15) is 0 Å². The van der Waals surface area contributed by atoms with Crippen molar-refractivity contribution in [1.29, 1.82) is 0 Å². The maximum atomic E-state index is 12.2. The normalized spacial score (nSPS) is 10.8. The van der Waals surface area contributed by atoms with E-state index in [9.17, 15) is 9.59 Å². The number of benzene rings is 2. The van der Waals surface area contributed by atoms with Crippen molar-refractivity contribution in [2.75, 3.05) is 0 Å². The van der Waals surface area contributed by atoms with Crippen molar-refractivity contribution < 1.29 is 29.1 Å². The number of carbonyl (C=O) groups excluding carboxylic acids is 2. The molecule has 0 saturated heterocycles. The summed E-state index contributed by atoms with van der Waals surface area (Å²) < 4.78 is 0. The van der Waals surface area contributed by atoms with Crippen molar-refractivity contribution in [1.82, 2.24) is 0 Å². The summed E-state index contributed by atoms with van der Waals surface area (Å²) >= 11 is 0. The van der Waals surface area contributed by atoms with Gasteiger partial charge >= 0.3 is 11.9 Å². The van der Waals surface area contributed by atoms with E-state index < -0.39 is 18.2 Å². The van der Waals surface area contributed by atoms with Gasteiger partial charge < -0.3 is 0 Å². The lowest BCUT2D eigenvalue weighted by Crippen LogP contribution is -2.22. The standard InChI is InChI=1S/C25H32O6/c1-4-7-10-23(28-30-24(26)21-15-11-19(8-5-2)12-16-21)29-31-25(27)22-17-13-20(9-6-3)14-18-22/h11-18,23H,4-10H2,1-3H3. The molecule has 0 N–H and O–H groups in total. The van der Waals surface area contributed by atoms with Crippen LogP contribution in [0.5, 0.6) is 0 Å². The fraction of sp³-hybridized carbons (Fsp3) is 0.440. The molecule has 2 rings (SSSR count). The molecule has 2 aromatic rings. The van der Waals surface area contributed by atoms with Gasteiger partial charge in [0, 0.05) is 6.42 Å². The number of carbonyl (C=O) groups is 2. The molecule has 6 nitrogen and oxygen atoms in total. The van der Waals surface area contributed by atoms with E-state index in [1.165, 1.54) is 0 Å². The monoisotopic (exact) mass is 428 g/mol. The van der Waals surface area contributed by atoms with Gasteiger partial charge in [-0.25, -0.2) is 9.59 Å². The van der Waals surface area contributed by atoms with Crippen LogP contribution in [0.4, 0.5) is 0 Å². The average molecular weight is 429 g/mol. The van der Waals surface area contributed by atoms with Crippen molar-refractivity contribution in [2.45, 2.75) is 72.0 Å². The molecule has 0 unspecified atom stereocenters. The first kappa shape index (κ1) is 24.6. The van der Waals surface area contributed by atoms with Crippen LogP contribution in [0.25, 0.3) is 0 Å². The van der Waals surface area contributed by atoms with Crippen molar-refractivity contribution in [3.05, 3.63) is 70.8 Å². The molecule has 0 spiro atoms. The Morgan fingerprint density at radius 3 is 1.45 bits per heavy atom. The second-order valence-electron chi connectivity index (χ2n) is 7.40. The molecule has 0 saturated carbocycles. The zero-order valence-electron chi connectivity index (χ0n) is 18.6. The van der Waals surface area contributed by atoms with E-state index in [2.05, 4.69) is 13.8 Å². The minimum Gasteiger partial charge on any atom is -0.290 e. The van der Waals surface area contributed by atoms with E-state index in [1.807, 2.05) is 31.2 Å². The Morgan fingerprint density at radius 2 is 1.10 bits per heavy atom. The lowest BCUT2D eigenvalue weighted by Gasteiger charge is -2.15. The topological polar surface area (TPSA) is 71.1 Å². The quantitative estimate of drug-likeness (QED) is 0.222. The SMILES string of the molecule is CCCCC(OOC(=O)c1ccc(CCC)cc1)OOC(=O)c1ccc(CCC)cc1. The molecule has 2 aromatic carbocycles. The Balaban J connectivity index is 1.87. The number of unbranched alkanes of at least 4 members (excludes halogenated alkanes) is 1. The lowest BCUT2D eigenvalue weighted by molar-refractivity contribution is -0.421. The zero-order valence-corrected chi connectivity index (χ0v) is 18.6. The van der Waals surface area contributed by atoms with Crippen LogP contribution >= 0.6 is 0 Å². The molecule has 6 heteroatoms. The summed E-state index contributed by atoms with van der Waals surface area (Å²) in [6.07, 6.45) is 4.99. The fourth-order valence-corrected chi connectivity index (χ4v) is 2.97. The highest BCUT2D eigenvalue weighted by Gasteiger charge is 2.19. The number of rotatable bonds is 13. The van der Waals surface area contributed by atoms with Gasteiger partial charge in [-0.2, -0.15) is 0 Å². The van der Waals surface area contributed by atoms with Crippen LogP contribution in [0, 0.1) is 0 Å². The van der Waals surface area contributed by atoms with Gasteiger partial charge in [0.2, 0.25) is 6.29 Å². The highest BCUT2D eigenvalue weighted by atomic mass is 17.3. The van der Waals surface area contributed by atoms with Crippen molar-refractivity contribution in [3.63, 3.8) is 0 Å². The van der Waals surface area contributed by atoms with Gasteiger partial charge in [-0.05, 0) is 54.7 Å². The summed E-state index contributed by atoms with van der Waals surface area (Å²) in [4.78, 5) is 44.5. The van der Waals surface area contributed by atoms with Crippen molar-refractivity contribution in [3.8, 4) is 0 Å². The third kappa shape index (κ3) is 8.52. The van der Waals surface area contributed by atoms with Crippen LogP contribution in [-0.2, 0) is 32.4 Å². The third-order valence-electron chi connectivity index (χ3n) is 4.71. The van der Waals surface area contributed by atoms with Gasteiger partial charge in [-0.3, -0.25) is 9.78 Å². The molecular weight excluding hydrogens is 396 g/mol. The number of aryl methyl sites for hydroxylation is 2. The zero-order chi connectivity index (χ0) is 22.5. The van der Waals surface area contributed by atoms with E-state index in [0.717, 1.165) is 49.7 Å². The second-order valence-corrected chi connectivity index (χ2v) is 7.40. The van der Waals surface area contributed by atoms with E-state index in [0.29, 0.717) is 17.5 Å². The van der Waals surface area contributed by atoms with Crippen molar-refractivity contribution in [2.24, 2.45) is 0 Å². The minimum absolute atomic E-state index is 0.373. The van der Waals surface area contributed by atoms with E-state index in [1.54, 1.807) is 24.3 Å². The molecule has 0 aliphatic rings. The molecule has 0 bridgehead atoms. The number of hydrogen-bond donors (Lipinski definition) is 0. The summed E-state index contributed by atoms with van der Waals surface area (Å²) in [6, 6.07) is 14.3. The smallest absolute Gasteiger partial charge is 0.290 e. The summed E-state index contributed by atoms with van der Waals surface area (Å²) in [6.45, 7) is 6.20. The largest absolute Gasteiger partial charge is 0.373 e.